The topological polar surface area (TPSA) is 112 Å². The predicted molar refractivity (Wildman–Crippen MR) is 69.4 cm³/mol. The molecule has 0 unspecified atom stereocenters. The van der Waals surface area contributed by atoms with Gasteiger partial charge in [-0.05, 0) is 12.5 Å². The van der Waals surface area contributed by atoms with Crippen LogP contribution in [-0.2, 0) is 6.54 Å². The first-order valence-electron chi connectivity index (χ1n) is 5.91. The van der Waals surface area contributed by atoms with E-state index in [2.05, 4.69) is 30.2 Å². The second-order valence-corrected chi connectivity index (χ2v) is 3.70. The van der Waals surface area contributed by atoms with Crippen molar-refractivity contribution in [2.24, 2.45) is 0 Å². The average Bonchev–Trinajstić information content (AvgIpc) is 2.43. The summed E-state index contributed by atoms with van der Waals surface area (Å²) in [6.07, 6.45) is 4.02. The quantitative estimate of drug-likeness (QED) is 0.779. The third-order valence-electron chi connectivity index (χ3n) is 2.14. The molecule has 0 atom stereocenters. The molecule has 0 saturated heterocycles. The number of hydrogen-bond acceptors (Lipinski definition) is 8. The van der Waals surface area contributed by atoms with Crippen molar-refractivity contribution in [3.05, 3.63) is 24.3 Å². The van der Waals surface area contributed by atoms with Crippen molar-refractivity contribution in [2.45, 2.75) is 19.9 Å². The zero-order valence-electron chi connectivity index (χ0n) is 10.6. The molecule has 0 aliphatic rings. The van der Waals surface area contributed by atoms with Gasteiger partial charge in [-0.15, -0.1) is 0 Å². The van der Waals surface area contributed by atoms with E-state index in [1.54, 1.807) is 12.3 Å². The summed E-state index contributed by atoms with van der Waals surface area (Å²) in [6, 6.07) is 2.02. The Labute approximate surface area is 110 Å². The Balaban J connectivity index is 2.01. The predicted octanol–water partition coefficient (Wildman–Crippen LogP) is 0.645. The van der Waals surface area contributed by atoms with Crippen LogP contribution in [0.2, 0.25) is 0 Å². The van der Waals surface area contributed by atoms with Crippen LogP contribution in [0.25, 0.3) is 0 Å². The van der Waals surface area contributed by atoms with Gasteiger partial charge in [0.1, 0.15) is 6.33 Å². The molecule has 2 aromatic heterocycles. The molecule has 3 N–H and O–H groups in total. The number of nitrogens with zero attached hydrogens (tertiary/aromatic N) is 5. The number of anilines is 2. The van der Waals surface area contributed by atoms with Gasteiger partial charge in [0, 0.05) is 6.20 Å². The van der Waals surface area contributed by atoms with Crippen LogP contribution in [0.15, 0.2) is 18.6 Å². The number of nitrogens with two attached hydrogens (primary N) is 1. The number of rotatable bonds is 6. The van der Waals surface area contributed by atoms with Crippen LogP contribution >= 0.6 is 0 Å². The number of aromatic nitrogens is 5. The molecule has 8 nitrogen and oxygen atoms in total. The summed E-state index contributed by atoms with van der Waals surface area (Å²) in [6.45, 7) is 3.01. The van der Waals surface area contributed by atoms with Gasteiger partial charge >= 0.3 is 6.01 Å². The number of hydrogen-bond donors (Lipinski definition) is 2. The van der Waals surface area contributed by atoms with E-state index in [0.29, 0.717) is 19.1 Å². The van der Waals surface area contributed by atoms with Crippen LogP contribution in [0, 0.1) is 0 Å². The molecular formula is C11H15N7O. The standard InChI is InChI=1S/C11H15N7O/c1-2-5-19-11-17-9(12)16-10(18-11)14-6-8-3-4-13-7-15-8/h3-4,7H,2,5-6H2,1H3,(H3,12,14,16,17,18). The lowest BCUT2D eigenvalue weighted by Gasteiger charge is -2.07. The molecule has 0 aromatic carbocycles. The van der Waals surface area contributed by atoms with Crippen molar-refractivity contribution in [3.8, 4) is 6.01 Å². The third-order valence-corrected chi connectivity index (χ3v) is 2.14. The van der Waals surface area contributed by atoms with Crippen molar-refractivity contribution in [1.82, 2.24) is 24.9 Å². The maximum absolute atomic E-state index is 5.59. The Hall–Kier alpha value is -2.51. The van der Waals surface area contributed by atoms with Gasteiger partial charge in [0.2, 0.25) is 11.9 Å². The molecule has 2 rings (SSSR count). The lowest BCUT2D eigenvalue weighted by molar-refractivity contribution is 0.292. The maximum Gasteiger partial charge on any atom is 0.323 e. The minimum Gasteiger partial charge on any atom is -0.463 e. The highest BCUT2D eigenvalue weighted by Gasteiger charge is 2.05. The summed E-state index contributed by atoms with van der Waals surface area (Å²) in [5.41, 5.74) is 6.42. The number of nitrogen functional groups attached to an aromatic ring is 1. The molecule has 2 aromatic rings. The summed E-state index contributed by atoms with van der Waals surface area (Å²) in [5, 5.41) is 3.01. The van der Waals surface area contributed by atoms with Crippen LogP contribution in [0.5, 0.6) is 6.01 Å². The molecule has 2 heterocycles. The van der Waals surface area contributed by atoms with Crippen LogP contribution in [0.1, 0.15) is 19.0 Å². The van der Waals surface area contributed by atoms with Crippen LogP contribution in [-0.4, -0.2) is 31.5 Å². The maximum atomic E-state index is 5.59. The van der Waals surface area contributed by atoms with E-state index in [-0.39, 0.29) is 12.0 Å². The fourth-order valence-corrected chi connectivity index (χ4v) is 1.30. The molecule has 19 heavy (non-hydrogen) atoms. The lowest BCUT2D eigenvalue weighted by atomic mass is 10.4. The van der Waals surface area contributed by atoms with E-state index >= 15 is 0 Å². The summed E-state index contributed by atoms with van der Waals surface area (Å²) in [7, 11) is 0. The van der Waals surface area contributed by atoms with Crippen molar-refractivity contribution in [3.63, 3.8) is 0 Å². The minimum atomic E-state index is 0.117. The second kappa shape index (κ2) is 6.43. The van der Waals surface area contributed by atoms with Gasteiger partial charge < -0.3 is 15.8 Å². The van der Waals surface area contributed by atoms with Gasteiger partial charge in [-0.25, -0.2) is 9.97 Å². The van der Waals surface area contributed by atoms with Crippen molar-refractivity contribution in [1.29, 1.82) is 0 Å². The van der Waals surface area contributed by atoms with Gasteiger partial charge in [0.05, 0.1) is 18.8 Å². The van der Waals surface area contributed by atoms with Crippen molar-refractivity contribution >= 4 is 11.9 Å². The van der Waals surface area contributed by atoms with E-state index in [1.807, 2.05) is 6.92 Å². The highest BCUT2D eigenvalue weighted by molar-refractivity contribution is 5.32. The minimum absolute atomic E-state index is 0.117. The first-order valence-corrected chi connectivity index (χ1v) is 5.91. The first-order chi connectivity index (χ1) is 9.28. The Morgan fingerprint density at radius 3 is 2.95 bits per heavy atom. The Morgan fingerprint density at radius 2 is 2.21 bits per heavy atom. The van der Waals surface area contributed by atoms with E-state index in [4.69, 9.17) is 10.5 Å². The Kier molecular flexibility index (Phi) is 4.38. The smallest absolute Gasteiger partial charge is 0.323 e. The molecule has 0 fully saturated rings. The Bertz CT molecular complexity index is 520. The normalized spacial score (nSPS) is 10.2. The fourth-order valence-electron chi connectivity index (χ4n) is 1.30. The molecular weight excluding hydrogens is 246 g/mol. The van der Waals surface area contributed by atoms with Crippen molar-refractivity contribution in [2.75, 3.05) is 17.7 Å². The molecule has 0 amide bonds. The fraction of sp³-hybridized carbons (Fsp3) is 0.364. The summed E-state index contributed by atoms with van der Waals surface area (Å²) in [5.74, 6) is 0.475. The lowest BCUT2D eigenvalue weighted by Crippen LogP contribution is -2.10. The summed E-state index contributed by atoms with van der Waals surface area (Å²) in [4.78, 5) is 19.9. The highest BCUT2D eigenvalue weighted by Crippen LogP contribution is 2.09. The zero-order chi connectivity index (χ0) is 13.5. The van der Waals surface area contributed by atoms with Gasteiger partial charge in [0.25, 0.3) is 0 Å². The summed E-state index contributed by atoms with van der Waals surface area (Å²) >= 11 is 0. The zero-order valence-corrected chi connectivity index (χ0v) is 10.6. The Morgan fingerprint density at radius 1 is 1.32 bits per heavy atom. The van der Waals surface area contributed by atoms with E-state index in [0.717, 1.165) is 12.1 Å². The molecule has 0 spiro atoms. The SMILES string of the molecule is CCCOc1nc(N)nc(NCc2ccncn2)n1. The van der Waals surface area contributed by atoms with Gasteiger partial charge in [-0.2, -0.15) is 15.0 Å². The highest BCUT2D eigenvalue weighted by atomic mass is 16.5. The van der Waals surface area contributed by atoms with Gasteiger partial charge in [0.15, 0.2) is 0 Å². The average molecular weight is 261 g/mol. The van der Waals surface area contributed by atoms with Gasteiger partial charge in [-0.3, -0.25) is 0 Å². The summed E-state index contributed by atoms with van der Waals surface area (Å²) < 4.78 is 5.32. The third kappa shape index (κ3) is 4.02. The molecule has 0 aliphatic heterocycles. The monoisotopic (exact) mass is 261 g/mol. The van der Waals surface area contributed by atoms with E-state index in [1.165, 1.54) is 6.33 Å². The number of ether oxygens (including phenoxy) is 1. The van der Waals surface area contributed by atoms with Crippen LogP contribution in [0.4, 0.5) is 11.9 Å². The first kappa shape index (κ1) is 12.9. The second-order valence-electron chi connectivity index (χ2n) is 3.70. The molecule has 0 aliphatic carbocycles. The van der Waals surface area contributed by atoms with Gasteiger partial charge in [-0.1, -0.05) is 6.92 Å². The molecule has 0 bridgehead atoms. The molecule has 0 saturated carbocycles. The molecule has 100 valence electrons. The van der Waals surface area contributed by atoms with Crippen LogP contribution in [0.3, 0.4) is 0 Å². The largest absolute Gasteiger partial charge is 0.463 e. The van der Waals surface area contributed by atoms with Crippen LogP contribution < -0.4 is 15.8 Å². The number of nitrogens with one attached hydrogen (secondary N) is 1. The molecule has 8 heteroatoms. The molecule has 0 radical (unpaired) electrons. The van der Waals surface area contributed by atoms with Crippen molar-refractivity contribution < 1.29 is 4.74 Å². The van der Waals surface area contributed by atoms with E-state index in [9.17, 15) is 0 Å². The van der Waals surface area contributed by atoms with E-state index < -0.39 is 0 Å².